The molecule has 3 atom stereocenters. The molecule has 1 unspecified atom stereocenters. The van der Waals surface area contributed by atoms with Gasteiger partial charge in [-0.05, 0) is 36.6 Å². The van der Waals surface area contributed by atoms with Gasteiger partial charge in [0.05, 0.1) is 31.6 Å². The standard InChI is InChI=1S/C30H37ClN4O5/c1-4-30(11-14-35(19-30)17-21-8-7-13-33-16-21)40-29(37)27-24(18-39-15-12-32)34-20(2)25(28(36)38-3)26(27)22-9-5-6-10-23(22)31/h5-10,13,16,25-26H,4,11-12,14-15,17-19,32H2,1-3H3/t25?,26-,30-/m0/s1. The third-order valence-electron chi connectivity index (χ3n) is 7.61. The lowest BCUT2D eigenvalue weighted by molar-refractivity contribution is -0.155. The Morgan fingerprint density at radius 3 is 2.70 bits per heavy atom. The Bertz CT molecular complexity index is 1270. The molecule has 40 heavy (non-hydrogen) atoms. The predicted molar refractivity (Wildman–Crippen MR) is 153 cm³/mol. The van der Waals surface area contributed by atoms with E-state index in [4.69, 9.17) is 31.5 Å². The highest BCUT2D eigenvalue weighted by atomic mass is 35.5. The van der Waals surface area contributed by atoms with E-state index in [2.05, 4.69) is 14.9 Å². The van der Waals surface area contributed by atoms with Crippen LogP contribution in [0, 0.1) is 5.92 Å². The number of benzene rings is 1. The fourth-order valence-corrected chi connectivity index (χ4v) is 5.79. The average Bonchev–Trinajstić information content (AvgIpc) is 3.35. The first-order valence-corrected chi connectivity index (χ1v) is 13.9. The van der Waals surface area contributed by atoms with E-state index >= 15 is 0 Å². The number of ether oxygens (including phenoxy) is 3. The van der Waals surface area contributed by atoms with Crippen LogP contribution in [0.3, 0.4) is 0 Å². The molecule has 1 aromatic heterocycles. The average molecular weight is 569 g/mol. The minimum atomic E-state index is -0.853. The minimum absolute atomic E-state index is 0.0417. The number of aliphatic imine (C=N–C) groups is 1. The van der Waals surface area contributed by atoms with Gasteiger partial charge in [-0.1, -0.05) is 42.8 Å². The third kappa shape index (κ3) is 6.61. The molecule has 0 aliphatic carbocycles. The van der Waals surface area contributed by atoms with Crippen LogP contribution >= 0.6 is 11.6 Å². The molecule has 2 aliphatic heterocycles. The van der Waals surface area contributed by atoms with Crippen molar-refractivity contribution in [2.24, 2.45) is 16.6 Å². The molecular formula is C30H37ClN4O5. The molecule has 2 aliphatic rings. The van der Waals surface area contributed by atoms with Crippen molar-refractivity contribution in [3.63, 3.8) is 0 Å². The highest BCUT2D eigenvalue weighted by molar-refractivity contribution is 6.31. The molecule has 10 heteroatoms. The number of methoxy groups -OCH3 is 1. The van der Waals surface area contributed by atoms with E-state index < -0.39 is 29.4 Å². The first kappa shape index (κ1) is 29.9. The number of carbonyl (C=O) groups is 2. The zero-order valence-corrected chi connectivity index (χ0v) is 24.0. The van der Waals surface area contributed by atoms with E-state index in [1.807, 2.05) is 37.4 Å². The molecule has 4 rings (SSSR count). The number of hydrogen-bond donors (Lipinski definition) is 1. The maximum absolute atomic E-state index is 14.2. The summed E-state index contributed by atoms with van der Waals surface area (Å²) in [7, 11) is 1.32. The molecule has 2 aromatic rings. The number of rotatable bonds is 11. The van der Waals surface area contributed by atoms with E-state index in [0.29, 0.717) is 61.1 Å². The summed E-state index contributed by atoms with van der Waals surface area (Å²) in [5.74, 6) is -2.66. The van der Waals surface area contributed by atoms with Gasteiger partial charge in [0.2, 0.25) is 0 Å². The summed E-state index contributed by atoms with van der Waals surface area (Å²) in [6.07, 6.45) is 4.91. The normalized spacial score (nSPS) is 23.2. The lowest BCUT2D eigenvalue weighted by Gasteiger charge is -2.35. The van der Waals surface area contributed by atoms with E-state index in [-0.39, 0.29) is 12.2 Å². The Hall–Kier alpha value is -3.11. The molecular weight excluding hydrogens is 532 g/mol. The van der Waals surface area contributed by atoms with Gasteiger partial charge < -0.3 is 19.9 Å². The molecule has 1 aromatic carbocycles. The SMILES string of the molecule is CC[C@]1(OC(=O)C2=C(COCCN)N=C(C)C(C(=O)OC)[C@@H]2c2ccccc2Cl)CCN(Cc2cccnc2)C1. The summed E-state index contributed by atoms with van der Waals surface area (Å²) in [5.41, 5.74) is 7.82. The van der Waals surface area contributed by atoms with Crippen LogP contribution in [0.15, 0.2) is 65.1 Å². The second kappa shape index (κ2) is 13.5. The van der Waals surface area contributed by atoms with Gasteiger partial charge in [0.25, 0.3) is 0 Å². The number of likely N-dealkylation sites (tertiary alicyclic amines) is 1. The number of carbonyl (C=O) groups excluding carboxylic acids is 2. The van der Waals surface area contributed by atoms with Crippen LogP contribution in [-0.2, 0) is 30.3 Å². The smallest absolute Gasteiger partial charge is 0.337 e. The Balaban J connectivity index is 1.71. The lowest BCUT2D eigenvalue weighted by Crippen LogP contribution is -2.42. The second-order valence-electron chi connectivity index (χ2n) is 10.2. The third-order valence-corrected chi connectivity index (χ3v) is 7.96. The molecule has 9 nitrogen and oxygen atoms in total. The summed E-state index contributed by atoms with van der Waals surface area (Å²) in [6.45, 7) is 6.49. The van der Waals surface area contributed by atoms with Crippen molar-refractivity contribution in [2.75, 3.05) is 40.0 Å². The van der Waals surface area contributed by atoms with Crippen molar-refractivity contribution in [3.05, 3.63) is 76.2 Å². The highest BCUT2D eigenvalue weighted by Crippen LogP contribution is 2.44. The molecule has 214 valence electrons. The fraction of sp³-hybridized carbons (Fsp3) is 0.467. The van der Waals surface area contributed by atoms with Gasteiger partial charge in [0.15, 0.2) is 0 Å². The van der Waals surface area contributed by atoms with Gasteiger partial charge in [0.1, 0.15) is 11.5 Å². The van der Waals surface area contributed by atoms with Gasteiger partial charge in [0, 0.05) is 61.6 Å². The number of pyridine rings is 1. The lowest BCUT2D eigenvalue weighted by atomic mass is 9.75. The monoisotopic (exact) mass is 568 g/mol. The molecule has 2 N–H and O–H groups in total. The Labute approximate surface area is 240 Å². The van der Waals surface area contributed by atoms with Crippen LogP contribution in [0.1, 0.15) is 43.7 Å². The number of hydrogen-bond acceptors (Lipinski definition) is 9. The van der Waals surface area contributed by atoms with E-state index in [1.165, 1.54) is 7.11 Å². The highest BCUT2D eigenvalue weighted by Gasteiger charge is 2.47. The van der Waals surface area contributed by atoms with Gasteiger partial charge in [-0.2, -0.15) is 0 Å². The van der Waals surface area contributed by atoms with E-state index in [1.54, 1.807) is 25.3 Å². The number of halogens is 1. The molecule has 0 saturated carbocycles. The van der Waals surface area contributed by atoms with Crippen LogP contribution < -0.4 is 5.73 Å². The van der Waals surface area contributed by atoms with Crippen molar-refractivity contribution >= 4 is 29.3 Å². The van der Waals surface area contributed by atoms with Gasteiger partial charge in [-0.3, -0.25) is 19.7 Å². The molecule has 0 amide bonds. The largest absolute Gasteiger partial charge is 0.468 e. The number of nitrogens with two attached hydrogens (primary N) is 1. The zero-order valence-electron chi connectivity index (χ0n) is 23.3. The Kier molecular flexibility index (Phi) is 10.1. The molecule has 1 saturated heterocycles. The van der Waals surface area contributed by atoms with Crippen molar-refractivity contribution in [3.8, 4) is 0 Å². The molecule has 0 bridgehead atoms. The van der Waals surface area contributed by atoms with Crippen molar-refractivity contribution in [2.45, 2.75) is 44.8 Å². The number of esters is 2. The van der Waals surface area contributed by atoms with Crippen molar-refractivity contribution in [1.82, 2.24) is 9.88 Å². The van der Waals surface area contributed by atoms with Crippen LogP contribution in [0.2, 0.25) is 5.02 Å². The zero-order chi connectivity index (χ0) is 28.7. The van der Waals surface area contributed by atoms with Crippen LogP contribution in [0.5, 0.6) is 0 Å². The first-order valence-electron chi connectivity index (χ1n) is 13.6. The summed E-state index contributed by atoms with van der Waals surface area (Å²) in [5, 5.41) is 0.428. The van der Waals surface area contributed by atoms with Gasteiger partial charge >= 0.3 is 11.9 Å². The van der Waals surface area contributed by atoms with Gasteiger partial charge in [-0.15, -0.1) is 0 Å². The molecule has 3 heterocycles. The maximum atomic E-state index is 14.2. The Morgan fingerprint density at radius 1 is 1.23 bits per heavy atom. The van der Waals surface area contributed by atoms with Crippen molar-refractivity contribution < 1.29 is 23.8 Å². The maximum Gasteiger partial charge on any atom is 0.337 e. The number of nitrogens with zero attached hydrogens (tertiary/aromatic N) is 3. The molecule has 1 fully saturated rings. The summed E-state index contributed by atoms with van der Waals surface area (Å²) < 4.78 is 17.3. The fourth-order valence-electron chi connectivity index (χ4n) is 5.54. The molecule has 0 radical (unpaired) electrons. The Morgan fingerprint density at radius 2 is 2.02 bits per heavy atom. The topological polar surface area (TPSA) is 116 Å². The summed E-state index contributed by atoms with van der Waals surface area (Å²) >= 11 is 6.66. The van der Waals surface area contributed by atoms with Crippen molar-refractivity contribution in [1.29, 1.82) is 0 Å². The quantitative estimate of drug-likeness (QED) is 0.320. The van der Waals surface area contributed by atoms with Crippen LogP contribution in [0.25, 0.3) is 0 Å². The van der Waals surface area contributed by atoms with Crippen LogP contribution in [0.4, 0.5) is 0 Å². The van der Waals surface area contributed by atoms with Gasteiger partial charge in [-0.25, -0.2) is 4.79 Å². The van der Waals surface area contributed by atoms with E-state index in [9.17, 15) is 9.59 Å². The second-order valence-corrected chi connectivity index (χ2v) is 10.6. The summed E-state index contributed by atoms with van der Waals surface area (Å²) in [4.78, 5) is 38.5. The predicted octanol–water partition coefficient (Wildman–Crippen LogP) is 3.91. The van der Waals surface area contributed by atoms with Crippen LogP contribution in [-0.4, -0.2) is 73.1 Å². The first-order chi connectivity index (χ1) is 19.3. The summed E-state index contributed by atoms with van der Waals surface area (Å²) in [6, 6.07) is 11.1. The molecule has 0 spiro atoms. The minimum Gasteiger partial charge on any atom is -0.468 e. The number of aromatic nitrogens is 1. The van der Waals surface area contributed by atoms with E-state index in [0.717, 1.165) is 12.1 Å².